The summed E-state index contributed by atoms with van der Waals surface area (Å²) < 4.78 is 0. The summed E-state index contributed by atoms with van der Waals surface area (Å²) >= 11 is 0. The number of nitrogens with zero attached hydrogens (tertiary/aromatic N) is 1. The second-order valence-corrected chi connectivity index (χ2v) is 5.02. The highest BCUT2D eigenvalue weighted by Gasteiger charge is 2.24. The van der Waals surface area contributed by atoms with Crippen molar-refractivity contribution in [2.45, 2.75) is 40.3 Å². The lowest BCUT2D eigenvalue weighted by molar-refractivity contribution is 0.483. The number of amidine groups is 1. The van der Waals surface area contributed by atoms with Gasteiger partial charge in [0, 0.05) is 12.0 Å². The summed E-state index contributed by atoms with van der Waals surface area (Å²) in [5.74, 6) is 1.14. The van der Waals surface area contributed by atoms with E-state index >= 15 is 0 Å². The van der Waals surface area contributed by atoms with Crippen molar-refractivity contribution < 1.29 is 0 Å². The molecule has 86 valence electrons. The van der Waals surface area contributed by atoms with Crippen molar-refractivity contribution >= 4 is 5.84 Å². The summed E-state index contributed by atoms with van der Waals surface area (Å²) in [4.78, 5) is 4.71. The summed E-state index contributed by atoms with van der Waals surface area (Å²) in [6.07, 6.45) is 1.11. The SMILES string of the molecule is CCC(C)(C)C1=NCc2ccccc2CN1. The average molecular weight is 216 g/mol. The van der Waals surface area contributed by atoms with E-state index in [2.05, 4.69) is 50.4 Å². The third-order valence-electron chi connectivity index (χ3n) is 3.50. The Kier molecular flexibility index (Phi) is 2.99. The molecule has 0 spiro atoms. The maximum atomic E-state index is 4.71. The number of rotatable bonds is 2. The first-order valence-corrected chi connectivity index (χ1v) is 5.99. The number of hydrogen-bond acceptors (Lipinski definition) is 2. The van der Waals surface area contributed by atoms with Crippen molar-refractivity contribution in [3.05, 3.63) is 35.4 Å². The van der Waals surface area contributed by atoms with Crippen LogP contribution in [0.1, 0.15) is 38.3 Å². The molecule has 2 heteroatoms. The predicted molar refractivity (Wildman–Crippen MR) is 68.5 cm³/mol. The minimum absolute atomic E-state index is 0.155. The summed E-state index contributed by atoms with van der Waals surface area (Å²) in [7, 11) is 0. The van der Waals surface area contributed by atoms with Crippen LogP contribution in [0.15, 0.2) is 29.3 Å². The molecule has 2 nitrogen and oxygen atoms in total. The Morgan fingerprint density at radius 3 is 2.62 bits per heavy atom. The van der Waals surface area contributed by atoms with Gasteiger partial charge in [-0.1, -0.05) is 45.0 Å². The molecule has 1 aromatic carbocycles. The fraction of sp³-hybridized carbons (Fsp3) is 0.500. The Hall–Kier alpha value is -1.31. The normalized spacial score (nSPS) is 15.8. The average Bonchev–Trinajstić information content (AvgIpc) is 2.51. The zero-order valence-corrected chi connectivity index (χ0v) is 10.4. The molecule has 0 saturated carbocycles. The van der Waals surface area contributed by atoms with E-state index in [0.29, 0.717) is 0 Å². The molecule has 16 heavy (non-hydrogen) atoms. The van der Waals surface area contributed by atoms with E-state index in [4.69, 9.17) is 4.99 Å². The summed E-state index contributed by atoms with van der Waals surface area (Å²) in [6, 6.07) is 8.53. The number of fused-ring (bicyclic) bond motifs is 1. The number of nitrogens with one attached hydrogen (secondary N) is 1. The molecule has 0 saturated heterocycles. The quantitative estimate of drug-likeness (QED) is 0.807. The van der Waals surface area contributed by atoms with Gasteiger partial charge in [0.05, 0.1) is 6.54 Å². The zero-order valence-electron chi connectivity index (χ0n) is 10.4. The minimum Gasteiger partial charge on any atom is -0.369 e. The molecule has 1 aliphatic heterocycles. The number of aliphatic imine (C=N–C) groups is 1. The highest BCUT2D eigenvalue weighted by atomic mass is 15.0. The molecular formula is C14H20N2. The molecule has 0 atom stereocenters. The molecule has 0 fully saturated rings. The molecule has 0 bridgehead atoms. The topological polar surface area (TPSA) is 24.4 Å². The lowest BCUT2D eigenvalue weighted by Gasteiger charge is -2.25. The van der Waals surface area contributed by atoms with Gasteiger partial charge in [-0.05, 0) is 17.5 Å². The van der Waals surface area contributed by atoms with Crippen LogP contribution in [0.4, 0.5) is 0 Å². The largest absolute Gasteiger partial charge is 0.369 e. The molecule has 0 aromatic heterocycles. The van der Waals surface area contributed by atoms with Gasteiger partial charge < -0.3 is 5.32 Å². The van der Waals surface area contributed by atoms with Crippen molar-refractivity contribution in [1.82, 2.24) is 5.32 Å². The van der Waals surface area contributed by atoms with Gasteiger partial charge in [0.15, 0.2) is 0 Å². The predicted octanol–water partition coefficient (Wildman–Crippen LogP) is 3.12. The maximum Gasteiger partial charge on any atom is 0.103 e. The zero-order chi connectivity index (χ0) is 11.6. The monoisotopic (exact) mass is 216 g/mol. The lowest BCUT2D eigenvalue weighted by atomic mass is 9.88. The Balaban J connectivity index is 2.24. The standard InChI is InChI=1S/C14H20N2/c1-4-14(2,3)13-15-9-11-7-5-6-8-12(11)10-16-13/h5-8H,4,9-10H2,1-3H3,(H,15,16). The molecular weight excluding hydrogens is 196 g/mol. The van der Waals surface area contributed by atoms with Crippen molar-refractivity contribution in [2.24, 2.45) is 10.4 Å². The van der Waals surface area contributed by atoms with E-state index < -0.39 is 0 Å². The third kappa shape index (κ3) is 2.11. The molecule has 2 rings (SSSR count). The summed E-state index contributed by atoms with van der Waals surface area (Å²) in [5, 5.41) is 3.48. The second kappa shape index (κ2) is 4.28. The van der Waals surface area contributed by atoms with Crippen LogP contribution < -0.4 is 5.32 Å². The van der Waals surface area contributed by atoms with Gasteiger partial charge in [-0.2, -0.15) is 0 Å². The van der Waals surface area contributed by atoms with Gasteiger partial charge in [-0.25, -0.2) is 0 Å². The Morgan fingerprint density at radius 1 is 1.25 bits per heavy atom. The van der Waals surface area contributed by atoms with Gasteiger partial charge in [0.1, 0.15) is 5.84 Å². The van der Waals surface area contributed by atoms with Gasteiger partial charge in [-0.3, -0.25) is 4.99 Å². The molecule has 1 N–H and O–H groups in total. The molecule has 1 aromatic rings. The van der Waals surface area contributed by atoms with Crippen LogP contribution in [-0.4, -0.2) is 5.84 Å². The van der Waals surface area contributed by atoms with Gasteiger partial charge >= 0.3 is 0 Å². The maximum absolute atomic E-state index is 4.71. The van der Waals surface area contributed by atoms with Crippen LogP contribution in [0, 0.1) is 5.41 Å². The summed E-state index contributed by atoms with van der Waals surface area (Å²) in [5.41, 5.74) is 2.87. The van der Waals surface area contributed by atoms with Crippen molar-refractivity contribution in [3.8, 4) is 0 Å². The Labute approximate surface area is 97.8 Å². The molecule has 1 heterocycles. The van der Waals surface area contributed by atoms with Gasteiger partial charge in [0.2, 0.25) is 0 Å². The molecule has 0 unspecified atom stereocenters. The van der Waals surface area contributed by atoms with Crippen LogP contribution in [0.3, 0.4) is 0 Å². The van der Waals surface area contributed by atoms with E-state index in [1.54, 1.807) is 0 Å². The van der Waals surface area contributed by atoms with Crippen LogP contribution in [0.5, 0.6) is 0 Å². The fourth-order valence-corrected chi connectivity index (χ4v) is 1.90. The van der Waals surface area contributed by atoms with E-state index in [1.165, 1.54) is 11.1 Å². The third-order valence-corrected chi connectivity index (χ3v) is 3.50. The minimum atomic E-state index is 0.155. The van der Waals surface area contributed by atoms with E-state index in [0.717, 1.165) is 25.3 Å². The lowest BCUT2D eigenvalue weighted by Crippen LogP contribution is -2.35. The van der Waals surface area contributed by atoms with E-state index in [1.807, 2.05) is 0 Å². The van der Waals surface area contributed by atoms with Crippen molar-refractivity contribution in [1.29, 1.82) is 0 Å². The van der Waals surface area contributed by atoms with Gasteiger partial charge in [-0.15, -0.1) is 0 Å². The Morgan fingerprint density at radius 2 is 1.94 bits per heavy atom. The van der Waals surface area contributed by atoms with Crippen molar-refractivity contribution in [2.75, 3.05) is 0 Å². The number of benzene rings is 1. The smallest absolute Gasteiger partial charge is 0.103 e. The van der Waals surface area contributed by atoms with E-state index in [9.17, 15) is 0 Å². The first-order valence-electron chi connectivity index (χ1n) is 5.99. The highest BCUT2D eigenvalue weighted by molar-refractivity contribution is 5.87. The van der Waals surface area contributed by atoms with Crippen LogP contribution >= 0.6 is 0 Å². The summed E-state index contributed by atoms with van der Waals surface area (Å²) in [6.45, 7) is 8.41. The van der Waals surface area contributed by atoms with Crippen LogP contribution in [-0.2, 0) is 13.1 Å². The highest BCUT2D eigenvalue weighted by Crippen LogP contribution is 2.23. The first-order chi connectivity index (χ1) is 7.63. The molecule has 0 radical (unpaired) electrons. The first kappa shape index (κ1) is 11.2. The molecule has 1 aliphatic rings. The van der Waals surface area contributed by atoms with Gasteiger partial charge in [0.25, 0.3) is 0 Å². The van der Waals surface area contributed by atoms with E-state index in [-0.39, 0.29) is 5.41 Å². The fourth-order valence-electron chi connectivity index (χ4n) is 1.90. The molecule has 0 amide bonds. The molecule has 0 aliphatic carbocycles. The van der Waals surface area contributed by atoms with Crippen LogP contribution in [0.25, 0.3) is 0 Å². The van der Waals surface area contributed by atoms with Crippen molar-refractivity contribution in [3.63, 3.8) is 0 Å². The second-order valence-electron chi connectivity index (χ2n) is 5.02. The Bertz CT molecular complexity index is 405. The van der Waals surface area contributed by atoms with Crippen LogP contribution in [0.2, 0.25) is 0 Å². The number of hydrogen-bond donors (Lipinski definition) is 1.